The van der Waals surface area contributed by atoms with Gasteiger partial charge in [0.1, 0.15) is 23.7 Å². The Morgan fingerprint density at radius 2 is 0.440 bits per heavy atom. The fourth-order valence-corrected chi connectivity index (χ4v) is 15.7. The van der Waals surface area contributed by atoms with Gasteiger partial charge in [0, 0.05) is 69.6 Å². The normalized spacial score (nSPS) is 15.8. The lowest BCUT2D eigenvalue weighted by Crippen LogP contribution is -2.48. The Bertz CT molecular complexity index is 4610. The predicted molar refractivity (Wildman–Crippen MR) is 451 cm³/mol. The van der Waals surface area contributed by atoms with E-state index in [2.05, 4.69) is 405 Å². The summed E-state index contributed by atoms with van der Waals surface area (Å²) in [6, 6.07) is 115. The first kappa shape index (κ1) is 78.7. The third-order valence-electron chi connectivity index (χ3n) is 22.9. The lowest BCUT2D eigenvalue weighted by atomic mass is 9.71. The van der Waals surface area contributed by atoms with Crippen LogP contribution in [0.5, 0.6) is 11.5 Å². The van der Waals surface area contributed by atoms with Gasteiger partial charge >= 0.3 is 0 Å². The molecule has 560 valence electrons. The molecule has 0 aliphatic rings. The number of rotatable bonds is 35. The molecule has 0 spiro atoms. The molecule has 0 saturated heterocycles. The standard InChI is InChI=1S/C103H112O6/c1-70(104-67-71(2)106-69-73(4)108-101-60-56-93(76(7)85-42-26-16-27-43-85)64-97(101)80(11)89-50-34-20-35-51-89)66-105-72(3)68-107-82(13)103(99-58-54-91(74(5)83-38-22-14-23-39-83)62-95(99)78(9)87-46-30-18-31-47-87,100-59-55-92(75(6)84-40-24-15-25-41-84)63-96(100)79(10)88-48-32-19-33-49-88)109-102-61-57-94(77(8)86-44-28-17-29-45-86)65-98(102)81(12)90-52-36-21-37-53-90/h14-65,70-82H,66-69H2,1-13H3. The molecule has 0 N–H and O–H groups in total. The topological polar surface area (TPSA) is 55.4 Å². The minimum Gasteiger partial charge on any atom is -0.488 e. The first-order valence-electron chi connectivity index (χ1n) is 39.7. The fourth-order valence-electron chi connectivity index (χ4n) is 15.7. The fraction of sp³-hybridized carbons (Fsp3) is 0.301. The second-order valence-corrected chi connectivity index (χ2v) is 30.5. The van der Waals surface area contributed by atoms with E-state index < -0.39 is 11.7 Å². The monoisotopic (exact) mass is 1440 g/mol. The van der Waals surface area contributed by atoms with E-state index >= 15 is 0 Å². The van der Waals surface area contributed by atoms with Crippen LogP contribution in [0.1, 0.15) is 237 Å². The van der Waals surface area contributed by atoms with Crippen LogP contribution in [0.4, 0.5) is 0 Å². The Morgan fingerprint density at radius 1 is 0.211 bits per heavy atom. The van der Waals surface area contributed by atoms with Gasteiger partial charge in [-0.15, -0.1) is 0 Å². The minimum absolute atomic E-state index is 0.0714. The van der Waals surface area contributed by atoms with E-state index in [1.54, 1.807) is 0 Å². The summed E-state index contributed by atoms with van der Waals surface area (Å²) < 4.78 is 43.1. The quantitative estimate of drug-likeness (QED) is 0.0395. The van der Waals surface area contributed by atoms with Crippen LogP contribution in [0.3, 0.4) is 0 Å². The second kappa shape index (κ2) is 37.5. The molecule has 0 aromatic heterocycles. The van der Waals surface area contributed by atoms with Gasteiger partial charge in [0.2, 0.25) is 0 Å². The molecule has 12 aromatic rings. The number of hydrogen-bond donors (Lipinski definition) is 0. The Kier molecular flexibility index (Phi) is 27.0. The molecule has 12 aromatic carbocycles. The molecular formula is C103H112O6. The lowest BCUT2D eigenvalue weighted by molar-refractivity contribution is -0.113. The molecule has 6 nitrogen and oxygen atoms in total. The molecule has 109 heavy (non-hydrogen) atoms. The molecule has 13 atom stereocenters. The van der Waals surface area contributed by atoms with Crippen LogP contribution in [0.2, 0.25) is 0 Å². The van der Waals surface area contributed by atoms with E-state index in [0.29, 0.717) is 19.8 Å². The predicted octanol–water partition coefficient (Wildman–Crippen LogP) is 25.3. The van der Waals surface area contributed by atoms with Crippen LogP contribution in [-0.4, -0.2) is 56.9 Å². The third-order valence-corrected chi connectivity index (χ3v) is 22.9. The maximum Gasteiger partial charge on any atom is 0.185 e. The van der Waals surface area contributed by atoms with Gasteiger partial charge in [0.05, 0.1) is 44.7 Å². The summed E-state index contributed by atoms with van der Waals surface area (Å²) in [4.78, 5) is 0. The SMILES string of the molecule is CC(COC(C)COC(C)C(Oc1ccc(C(C)c2ccccc2)cc1C(C)c1ccccc1)(c1ccc(C(C)c2ccccc2)cc1C(C)c1ccccc1)c1ccc(C(C)c2ccccc2)cc1C(C)c1ccccc1)OCC(C)OCC(C)Oc1ccc(C(C)c2ccccc2)cc1C(C)c1ccccc1. The van der Waals surface area contributed by atoms with Crippen molar-refractivity contribution in [3.63, 3.8) is 0 Å². The molecule has 0 aliphatic heterocycles. The lowest BCUT2D eigenvalue weighted by Gasteiger charge is -2.44. The van der Waals surface area contributed by atoms with E-state index in [-0.39, 0.29) is 78.4 Å². The van der Waals surface area contributed by atoms with Crippen molar-refractivity contribution in [2.75, 3.05) is 26.4 Å². The van der Waals surface area contributed by atoms with Gasteiger partial charge < -0.3 is 28.4 Å². The maximum atomic E-state index is 8.67. The molecule has 6 heteroatoms. The van der Waals surface area contributed by atoms with Crippen molar-refractivity contribution in [3.05, 3.63) is 416 Å². The largest absolute Gasteiger partial charge is 0.488 e. The zero-order chi connectivity index (χ0) is 76.4. The zero-order valence-electron chi connectivity index (χ0n) is 66.3. The van der Waals surface area contributed by atoms with Gasteiger partial charge in [-0.25, -0.2) is 0 Å². The van der Waals surface area contributed by atoms with Crippen LogP contribution < -0.4 is 9.47 Å². The van der Waals surface area contributed by atoms with E-state index in [9.17, 15) is 0 Å². The molecule has 0 radical (unpaired) electrons. The summed E-state index contributed by atoms with van der Waals surface area (Å²) in [7, 11) is 0. The molecule has 12 rings (SSSR count). The molecular weight excluding hydrogens is 1330 g/mol. The van der Waals surface area contributed by atoms with Crippen LogP contribution in [0.25, 0.3) is 0 Å². The minimum atomic E-state index is -1.35. The Balaban J connectivity index is 0.894. The average molecular weight is 1450 g/mol. The maximum absolute atomic E-state index is 8.67. The third kappa shape index (κ3) is 19.2. The zero-order valence-corrected chi connectivity index (χ0v) is 66.3. The van der Waals surface area contributed by atoms with Crippen LogP contribution in [0, 0.1) is 0 Å². The highest BCUT2D eigenvalue weighted by Gasteiger charge is 2.49. The van der Waals surface area contributed by atoms with E-state index in [1.165, 1.54) is 66.8 Å². The Hall–Kier alpha value is -9.92. The summed E-state index contributed by atoms with van der Waals surface area (Å²) in [5.41, 5.74) is 20.1. The number of ether oxygens (including phenoxy) is 6. The summed E-state index contributed by atoms with van der Waals surface area (Å²) >= 11 is 0. The molecule has 0 bridgehead atoms. The summed E-state index contributed by atoms with van der Waals surface area (Å²) in [5, 5.41) is 0. The number of benzene rings is 12. The average Bonchev–Trinajstić information content (AvgIpc) is 0.725. The molecule has 0 heterocycles. The van der Waals surface area contributed by atoms with Crippen LogP contribution >= 0.6 is 0 Å². The van der Waals surface area contributed by atoms with E-state index in [4.69, 9.17) is 28.4 Å². The van der Waals surface area contributed by atoms with Crippen LogP contribution in [-0.2, 0) is 24.5 Å². The molecule has 13 unspecified atom stereocenters. The smallest absolute Gasteiger partial charge is 0.185 e. The van der Waals surface area contributed by atoms with Crippen molar-refractivity contribution >= 4 is 0 Å². The second-order valence-electron chi connectivity index (χ2n) is 30.5. The van der Waals surface area contributed by atoms with Crippen molar-refractivity contribution in [3.8, 4) is 11.5 Å². The first-order chi connectivity index (χ1) is 52.9. The highest BCUT2D eigenvalue weighted by molar-refractivity contribution is 5.58. The Labute approximate surface area is 651 Å². The van der Waals surface area contributed by atoms with E-state index in [0.717, 1.165) is 44.9 Å². The van der Waals surface area contributed by atoms with Crippen molar-refractivity contribution in [2.45, 2.75) is 173 Å². The van der Waals surface area contributed by atoms with Gasteiger partial charge in [0.15, 0.2) is 5.60 Å². The highest BCUT2D eigenvalue weighted by Crippen LogP contribution is 2.51. The number of hydrogen-bond acceptors (Lipinski definition) is 6. The summed E-state index contributed by atoms with van der Waals surface area (Å²) in [6.45, 7) is 30.5. The van der Waals surface area contributed by atoms with Crippen molar-refractivity contribution < 1.29 is 28.4 Å². The molecule has 0 saturated carbocycles. The van der Waals surface area contributed by atoms with Gasteiger partial charge in [-0.2, -0.15) is 0 Å². The van der Waals surface area contributed by atoms with Crippen LogP contribution in [0.15, 0.2) is 315 Å². The van der Waals surface area contributed by atoms with Crippen molar-refractivity contribution in [2.24, 2.45) is 0 Å². The van der Waals surface area contributed by atoms with Gasteiger partial charge in [0.25, 0.3) is 0 Å². The Morgan fingerprint density at radius 3 is 0.743 bits per heavy atom. The molecule has 0 fully saturated rings. The van der Waals surface area contributed by atoms with Crippen molar-refractivity contribution in [1.29, 1.82) is 0 Å². The molecule has 0 aliphatic carbocycles. The summed E-state index contributed by atoms with van der Waals surface area (Å²) in [6.07, 6.45) is -1.65. The van der Waals surface area contributed by atoms with Gasteiger partial charge in [-0.05, 0) is 125 Å². The summed E-state index contributed by atoms with van der Waals surface area (Å²) in [5.74, 6) is 2.03. The highest BCUT2D eigenvalue weighted by atomic mass is 16.6. The van der Waals surface area contributed by atoms with Gasteiger partial charge in [-0.1, -0.05) is 359 Å². The first-order valence-corrected chi connectivity index (χ1v) is 39.7. The van der Waals surface area contributed by atoms with Gasteiger partial charge in [-0.3, -0.25) is 0 Å². The van der Waals surface area contributed by atoms with Crippen molar-refractivity contribution in [1.82, 2.24) is 0 Å². The van der Waals surface area contributed by atoms with E-state index in [1.807, 2.05) is 0 Å². The molecule has 0 amide bonds.